The summed E-state index contributed by atoms with van der Waals surface area (Å²) in [5.74, 6) is -0.770. The van der Waals surface area contributed by atoms with Gasteiger partial charge in [0.15, 0.2) is 0 Å². The van der Waals surface area contributed by atoms with Crippen LogP contribution in [0.5, 0.6) is 5.75 Å². The first-order valence-electron chi connectivity index (χ1n) is 6.55. The molecule has 1 rings (SSSR count). The van der Waals surface area contributed by atoms with Crippen LogP contribution < -0.4 is 4.74 Å². The third-order valence-corrected chi connectivity index (χ3v) is 3.01. The molecule has 0 aliphatic carbocycles. The van der Waals surface area contributed by atoms with Crippen molar-refractivity contribution in [3.05, 3.63) is 29.3 Å². The van der Waals surface area contributed by atoms with E-state index >= 15 is 0 Å². The van der Waals surface area contributed by atoms with Gasteiger partial charge >= 0.3 is 12.1 Å². The summed E-state index contributed by atoms with van der Waals surface area (Å²) in [4.78, 5) is 11.8. The average Bonchev–Trinajstić information content (AvgIpc) is 2.39. The molecule has 0 radical (unpaired) electrons. The lowest BCUT2D eigenvalue weighted by atomic mass is 9.84. The van der Waals surface area contributed by atoms with Crippen molar-refractivity contribution in [1.29, 1.82) is 5.26 Å². The predicted octanol–water partition coefficient (Wildman–Crippen LogP) is 3.70. The zero-order chi connectivity index (χ0) is 17.0. The molecular weight excluding hydrogens is 299 g/mol. The van der Waals surface area contributed by atoms with E-state index < -0.39 is 23.1 Å². The van der Waals surface area contributed by atoms with Crippen LogP contribution in [-0.2, 0) is 22.1 Å². The van der Waals surface area contributed by atoms with E-state index in [0.717, 1.165) is 6.07 Å². The van der Waals surface area contributed by atoms with E-state index in [4.69, 9.17) is 10.00 Å². The zero-order valence-electron chi connectivity index (χ0n) is 12.5. The van der Waals surface area contributed by atoms with Gasteiger partial charge in [0.1, 0.15) is 5.75 Å². The van der Waals surface area contributed by atoms with Crippen LogP contribution in [0.25, 0.3) is 0 Å². The van der Waals surface area contributed by atoms with E-state index in [9.17, 15) is 18.0 Å². The highest BCUT2D eigenvalue weighted by Gasteiger charge is 2.37. The SMILES string of the molecule is CCOC(=O)C(C)(C)Cc1ccc(OC#N)cc1C(F)(F)F. The van der Waals surface area contributed by atoms with Gasteiger partial charge < -0.3 is 9.47 Å². The first kappa shape index (κ1) is 17.8. The summed E-state index contributed by atoms with van der Waals surface area (Å²) in [6.45, 7) is 4.82. The third-order valence-electron chi connectivity index (χ3n) is 3.01. The molecule has 0 N–H and O–H groups in total. The second-order valence-electron chi connectivity index (χ2n) is 5.29. The van der Waals surface area contributed by atoms with E-state index in [-0.39, 0.29) is 24.3 Å². The van der Waals surface area contributed by atoms with Gasteiger partial charge in [-0.1, -0.05) is 6.07 Å². The second kappa shape index (κ2) is 6.69. The Hall–Kier alpha value is -2.23. The molecule has 120 valence electrons. The maximum Gasteiger partial charge on any atom is 0.416 e. The molecule has 1 aromatic rings. The number of hydrogen-bond donors (Lipinski definition) is 0. The van der Waals surface area contributed by atoms with E-state index in [1.54, 1.807) is 6.92 Å². The summed E-state index contributed by atoms with van der Waals surface area (Å²) in [5, 5.41) is 8.39. The summed E-state index contributed by atoms with van der Waals surface area (Å²) in [7, 11) is 0. The van der Waals surface area contributed by atoms with Crippen molar-refractivity contribution in [2.75, 3.05) is 6.61 Å². The lowest BCUT2D eigenvalue weighted by Gasteiger charge is -2.24. The van der Waals surface area contributed by atoms with Gasteiger partial charge in [0.05, 0.1) is 17.6 Å². The first-order valence-corrected chi connectivity index (χ1v) is 6.55. The monoisotopic (exact) mass is 315 g/mol. The highest BCUT2D eigenvalue weighted by atomic mass is 19.4. The highest BCUT2D eigenvalue weighted by Crippen LogP contribution is 2.37. The Morgan fingerprint density at radius 2 is 1.95 bits per heavy atom. The quantitative estimate of drug-likeness (QED) is 0.614. The Balaban J connectivity index is 3.19. The van der Waals surface area contributed by atoms with Crippen LogP contribution in [0, 0.1) is 16.9 Å². The van der Waals surface area contributed by atoms with Crippen molar-refractivity contribution in [3.63, 3.8) is 0 Å². The van der Waals surface area contributed by atoms with Gasteiger partial charge in [-0.15, -0.1) is 5.26 Å². The molecular formula is C15H16F3NO3. The Labute approximate surface area is 126 Å². The molecule has 0 aliphatic rings. The number of halogens is 3. The topological polar surface area (TPSA) is 59.3 Å². The van der Waals surface area contributed by atoms with Crippen LogP contribution in [0.4, 0.5) is 13.2 Å². The molecule has 0 heterocycles. The molecule has 0 aliphatic heterocycles. The van der Waals surface area contributed by atoms with Crippen molar-refractivity contribution in [2.24, 2.45) is 5.41 Å². The molecule has 1 aromatic carbocycles. The van der Waals surface area contributed by atoms with Crippen LogP contribution in [0.3, 0.4) is 0 Å². The largest absolute Gasteiger partial charge is 0.466 e. The molecule has 0 bridgehead atoms. The summed E-state index contributed by atoms with van der Waals surface area (Å²) >= 11 is 0. The first-order chi connectivity index (χ1) is 10.1. The predicted molar refractivity (Wildman–Crippen MR) is 71.8 cm³/mol. The van der Waals surface area contributed by atoms with Crippen LogP contribution in [0.15, 0.2) is 18.2 Å². The number of hydrogen-bond acceptors (Lipinski definition) is 4. The average molecular weight is 315 g/mol. The Bertz CT molecular complexity index is 589. The summed E-state index contributed by atoms with van der Waals surface area (Å²) in [6, 6.07) is 3.21. The summed E-state index contributed by atoms with van der Waals surface area (Å²) < 4.78 is 48.7. The molecule has 0 amide bonds. The number of carbonyl (C=O) groups excluding carboxylic acids is 1. The van der Waals surface area contributed by atoms with Crippen LogP contribution in [-0.4, -0.2) is 12.6 Å². The normalized spacial score (nSPS) is 11.7. The summed E-state index contributed by atoms with van der Waals surface area (Å²) in [5.41, 5.74) is -2.10. The van der Waals surface area contributed by atoms with Gasteiger partial charge in [0, 0.05) is 0 Å². The molecule has 22 heavy (non-hydrogen) atoms. The Morgan fingerprint density at radius 3 is 2.45 bits per heavy atom. The summed E-state index contributed by atoms with van der Waals surface area (Å²) in [6.07, 6.45) is -3.44. The van der Waals surface area contributed by atoms with Gasteiger partial charge in [0.2, 0.25) is 0 Å². The number of ether oxygens (including phenoxy) is 2. The van der Waals surface area contributed by atoms with Crippen molar-refractivity contribution >= 4 is 5.97 Å². The van der Waals surface area contributed by atoms with E-state index in [0.29, 0.717) is 0 Å². The number of alkyl halides is 3. The van der Waals surface area contributed by atoms with Crippen molar-refractivity contribution in [3.8, 4) is 12.0 Å². The van der Waals surface area contributed by atoms with Gasteiger partial charge in [-0.05, 0) is 44.9 Å². The molecule has 0 spiro atoms. The number of rotatable bonds is 5. The van der Waals surface area contributed by atoms with Crippen LogP contribution in [0.1, 0.15) is 31.9 Å². The lowest BCUT2D eigenvalue weighted by molar-refractivity contribution is -0.154. The maximum atomic E-state index is 13.1. The van der Waals surface area contributed by atoms with Gasteiger partial charge in [-0.25, -0.2) is 0 Å². The molecule has 0 saturated carbocycles. The van der Waals surface area contributed by atoms with Gasteiger partial charge in [0.25, 0.3) is 6.26 Å². The van der Waals surface area contributed by atoms with E-state index in [1.165, 1.54) is 32.2 Å². The maximum absolute atomic E-state index is 13.1. The van der Waals surface area contributed by atoms with E-state index in [1.807, 2.05) is 0 Å². The number of benzene rings is 1. The van der Waals surface area contributed by atoms with Gasteiger partial charge in [-0.2, -0.15) is 13.2 Å². The smallest absolute Gasteiger partial charge is 0.416 e. The molecule has 7 heteroatoms. The van der Waals surface area contributed by atoms with Crippen molar-refractivity contribution < 1.29 is 27.4 Å². The third kappa shape index (κ3) is 4.38. The number of nitrogens with zero attached hydrogens (tertiary/aromatic N) is 1. The molecule has 4 nitrogen and oxygen atoms in total. The highest BCUT2D eigenvalue weighted by molar-refractivity contribution is 5.76. The fourth-order valence-corrected chi connectivity index (χ4v) is 1.96. The Kier molecular flexibility index (Phi) is 5.42. The lowest BCUT2D eigenvalue weighted by Crippen LogP contribution is -2.30. The zero-order valence-corrected chi connectivity index (χ0v) is 12.5. The number of esters is 1. The number of carbonyl (C=O) groups is 1. The molecule has 0 aromatic heterocycles. The van der Waals surface area contributed by atoms with Crippen LogP contribution in [0.2, 0.25) is 0 Å². The fraction of sp³-hybridized carbons (Fsp3) is 0.467. The molecule has 0 fully saturated rings. The minimum absolute atomic E-state index is 0.0594. The van der Waals surface area contributed by atoms with Crippen molar-refractivity contribution in [2.45, 2.75) is 33.4 Å². The van der Waals surface area contributed by atoms with Crippen LogP contribution >= 0.6 is 0 Å². The molecule has 0 unspecified atom stereocenters. The fourth-order valence-electron chi connectivity index (χ4n) is 1.96. The molecule has 0 saturated heterocycles. The van der Waals surface area contributed by atoms with Gasteiger partial charge in [-0.3, -0.25) is 4.79 Å². The van der Waals surface area contributed by atoms with Crippen molar-refractivity contribution in [1.82, 2.24) is 0 Å². The molecule has 0 atom stereocenters. The number of nitriles is 1. The Morgan fingerprint density at radius 1 is 1.32 bits per heavy atom. The minimum atomic E-state index is -4.62. The minimum Gasteiger partial charge on any atom is -0.466 e. The van der Waals surface area contributed by atoms with E-state index in [2.05, 4.69) is 4.74 Å². The second-order valence-corrected chi connectivity index (χ2v) is 5.29. The standard InChI is InChI=1S/C15H16F3NO3/c1-4-21-13(20)14(2,3)8-10-5-6-11(22-9-19)7-12(10)15(16,17)18/h5-7H,4,8H2,1-3H3.